The number of hydrogen-bond acceptors (Lipinski definition) is 2. The van der Waals surface area contributed by atoms with Crippen molar-refractivity contribution >= 4 is 11.7 Å². The number of anilines is 1. The highest BCUT2D eigenvalue weighted by Crippen LogP contribution is 2.34. The van der Waals surface area contributed by atoms with E-state index in [0.717, 1.165) is 6.07 Å². The number of nitrogens with one attached hydrogen (secondary N) is 1. The molecule has 0 radical (unpaired) electrons. The molecule has 3 nitrogen and oxygen atoms in total. The minimum Gasteiger partial charge on any atom is -0.481 e. The molecule has 0 bridgehead atoms. The van der Waals surface area contributed by atoms with Crippen molar-refractivity contribution in [2.75, 3.05) is 11.9 Å². The van der Waals surface area contributed by atoms with Crippen molar-refractivity contribution in [1.82, 2.24) is 0 Å². The molecule has 0 saturated carbocycles. The average Bonchev–Trinajstić information content (AvgIpc) is 2.33. The molecular weight excluding hydrogens is 259 g/mol. The van der Waals surface area contributed by atoms with Crippen molar-refractivity contribution < 1.29 is 23.1 Å². The number of alkyl halides is 3. The van der Waals surface area contributed by atoms with E-state index in [0.29, 0.717) is 13.0 Å². The van der Waals surface area contributed by atoms with Crippen LogP contribution in [0.5, 0.6) is 0 Å². The summed E-state index contributed by atoms with van der Waals surface area (Å²) in [4.78, 5) is 10.4. The predicted octanol–water partition coefficient (Wildman–Crippen LogP) is 3.62. The van der Waals surface area contributed by atoms with Gasteiger partial charge in [-0.1, -0.05) is 19.1 Å². The van der Waals surface area contributed by atoms with Crippen LogP contribution in [0, 0.1) is 5.92 Å². The van der Waals surface area contributed by atoms with Crippen molar-refractivity contribution in [3.8, 4) is 0 Å². The third-order valence-electron chi connectivity index (χ3n) is 2.72. The maximum Gasteiger partial charge on any atom is 0.418 e. The highest BCUT2D eigenvalue weighted by molar-refractivity contribution is 5.66. The fourth-order valence-electron chi connectivity index (χ4n) is 1.64. The Bertz CT molecular complexity index is 432. The summed E-state index contributed by atoms with van der Waals surface area (Å²) in [6.07, 6.45) is -3.95. The van der Waals surface area contributed by atoms with Gasteiger partial charge in [-0.2, -0.15) is 13.2 Å². The second kappa shape index (κ2) is 6.45. The molecule has 106 valence electrons. The Morgan fingerprint density at radius 2 is 2.00 bits per heavy atom. The lowest BCUT2D eigenvalue weighted by Gasteiger charge is -2.17. The SMILES string of the molecule is CC(CCC(=O)O)CNc1ccccc1C(F)(F)F. The molecule has 19 heavy (non-hydrogen) atoms. The normalized spacial score (nSPS) is 13.1. The van der Waals surface area contributed by atoms with Crippen molar-refractivity contribution in [3.63, 3.8) is 0 Å². The Kier molecular flexibility index (Phi) is 5.20. The number of para-hydroxylation sites is 1. The van der Waals surface area contributed by atoms with E-state index in [1.165, 1.54) is 18.2 Å². The predicted molar refractivity (Wildman–Crippen MR) is 66.0 cm³/mol. The van der Waals surface area contributed by atoms with Gasteiger partial charge in [0.25, 0.3) is 0 Å². The Labute approximate surface area is 109 Å². The molecule has 0 aliphatic rings. The summed E-state index contributed by atoms with van der Waals surface area (Å²) in [5.74, 6) is -0.917. The van der Waals surface area contributed by atoms with Crippen LogP contribution < -0.4 is 5.32 Å². The Balaban J connectivity index is 2.60. The maximum atomic E-state index is 12.7. The van der Waals surface area contributed by atoms with Crippen LogP contribution >= 0.6 is 0 Å². The van der Waals surface area contributed by atoms with E-state index in [2.05, 4.69) is 5.32 Å². The second-order valence-electron chi connectivity index (χ2n) is 4.46. The Hall–Kier alpha value is -1.72. The molecule has 1 unspecified atom stereocenters. The second-order valence-corrected chi connectivity index (χ2v) is 4.46. The molecular formula is C13H16F3NO2. The lowest BCUT2D eigenvalue weighted by molar-refractivity contribution is -0.138. The van der Waals surface area contributed by atoms with Crippen LogP contribution in [0.1, 0.15) is 25.3 Å². The molecule has 0 aliphatic heterocycles. The van der Waals surface area contributed by atoms with Gasteiger partial charge < -0.3 is 10.4 Å². The van der Waals surface area contributed by atoms with Gasteiger partial charge in [0, 0.05) is 18.7 Å². The number of carboxylic acid groups (broad SMARTS) is 1. The van der Waals surface area contributed by atoms with Gasteiger partial charge >= 0.3 is 12.1 Å². The van der Waals surface area contributed by atoms with Gasteiger partial charge in [-0.3, -0.25) is 4.79 Å². The monoisotopic (exact) mass is 275 g/mol. The number of hydrogen-bond donors (Lipinski definition) is 2. The third-order valence-corrected chi connectivity index (χ3v) is 2.72. The molecule has 0 aliphatic carbocycles. The molecule has 1 aromatic carbocycles. The summed E-state index contributed by atoms with van der Waals surface area (Å²) >= 11 is 0. The summed E-state index contributed by atoms with van der Waals surface area (Å²) in [7, 11) is 0. The van der Waals surface area contributed by atoms with Crippen molar-refractivity contribution in [3.05, 3.63) is 29.8 Å². The van der Waals surface area contributed by atoms with Gasteiger partial charge in [-0.25, -0.2) is 0 Å². The number of carbonyl (C=O) groups is 1. The van der Waals surface area contributed by atoms with E-state index < -0.39 is 17.7 Å². The quantitative estimate of drug-likeness (QED) is 0.833. The van der Waals surface area contributed by atoms with Crippen molar-refractivity contribution in [1.29, 1.82) is 0 Å². The topological polar surface area (TPSA) is 49.3 Å². The van der Waals surface area contributed by atoms with Crippen LogP contribution in [0.4, 0.5) is 18.9 Å². The summed E-state index contributed by atoms with van der Waals surface area (Å²) in [5.41, 5.74) is -0.683. The first kappa shape index (κ1) is 15.3. The van der Waals surface area contributed by atoms with Gasteiger partial charge in [0.1, 0.15) is 0 Å². The number of carboxylic acids is 1. The van der Waals surface area contributed by atoms with E-state index in [1.54, 1.807) is 6.92 Å². The molecule has 1 rings (SSSR count). The van der Waals surface area contributed by atoms with Gasteiger partial charge in [0.05, 0.1) is 5.56 Å². The standard InChI is InChI=1S/C13H16F3NO2/c1-9(6-7-12(18)19)8-17-11-5-3-2-4-10(11)13(14,15)16/h2-5,9,17H,6-8H2,1H3,(H,18,19). The van der Waals surface area contributed by atoms with Crippen LogP contribution in [0.15, 0.2) is 24.3 Å². The lowest BCUT2D eigenvalue weighted by Crippen LogP contribution is -2.16. The van der Waals surface area contributed by atoms with Gasteiger partial charge in [0.15, 0.2) is 0 Å². The zero-order chi connectivity index (χ0) is 14.5. The van der Waals surface area contributed by atoms with Crippen LogP contribution in [0.2, 0.25) is 0 Å². The van der Waals surface area contributed by atoms with Crippen LogP contribution in [0.3, 0.4) is 0 Å². The number of rotatable bonds is 6. The molecule has 0 fully saturated rings. The van der Waals surface area contributed by atoms with Crippen molar-refractivity contribution in [2.24, 2.45) is 5.92 Å². The third kappa shape index (κ3) is 5.19. The van der Waals surface area contributed by atoms with Gasteiger partial charge in [-0.15, -0.1) is 0 Å². The maximum absolute atomic E-state index is 12.7. The highest BCUT2D eigenvalue weighted by Gasteiger charge is 2.33. The summed E-state index contributed by atoms with van der Waals surface area (Å²) in [6, 6.07) is 5.25. The van der Waals surface area contributed by atoms with Crippen molar-refractivity contribution in [2.45, 2.75) is 25.9 Å². The first-order valence-corrected chi connectivity index (χ1v) is 5.92. The zero-order valence-electron chi connectivity index (χ0n) is 10.5. The summed E-state index contributed by atoms with van der Waals surface area (Å²) in [6.45, 7) is 2.10. The number of benzene rings is 1. The van der Waals surface area contributed by atoms with Crippen LogP contribution in [0.25, 0.3) is 0 Å². The van der Waals surface area contributed by atoms with Crippen LogP contribution in [-0.4, -0.2) is 17.6 Å². The molecule has 0 amide bonds. The number of aliphatic carboxylic acids is 1. The molecule has 0 saturated heterocycles. The lowest BCUT2D eigenvalue weighted by atomic mass is 10.1. The Morgan fingerprint density at radius 1 is 1.37 bits per heavy atom. The molecule has 1 atom stereocenters. The molecule has 0 aromatic heterocycles. The first-order chi connectivity index (χ1) is 8.80. The first-order valence-electron chi connectivity index (χ1n) is 5.92. The Morgan fingerprint density at radius 3 is 2.58 bits per heavy atom. The number of halogens is 3. The van der Waals surface area contributed by atoms with Gasteiger partial charge in [-0.05, 0) is 24.5 Å². The highest BCUT2D eigenvalue weighted by atomic mass is 19.4. The van der Waals surface area contributed by atoms with Gasteiger partial charge in [0.2, 0.25) is 0 Å². The zero-order valence-corrected chi connectivity index (χ0v) is 10.5. The average molecular weight is 275 g/mol. The molecule has 0 spiro atoms. The molecule has 1 aromatic rings. The smallest absolute Gasteiger partial charge is 0.418 e. The fourth-order valence-corrected chi connectivity index (χ4v) is 1.64. The van der Waals surface area contributed by atoms with E-state index in [9.17, 15) is 18.0 Å². The van der Waals surface area contributed by atoms with E-state index in [4.69, 9.17) is 5.11 Å². The minimum atomic E-state index is -4.39. The summed E-state index contributed by atoms with van der Waals surface area (Å²) < 4.78 is 38.1. The fraction of sp³-hybridized carbons (Fsp3) is 0.462. The molecule has 0 heterocycles. The van der Waals surface area contributed by atoms with Crippen LogP contribution in [-0.2, 0) is 11.0 Å². The molecule has 6 heteroatoms. The molecule has 2 N–H and O–H groups in total. The van der Waals surface area contributed by atoms with E-state index >= 15 is 0 Å². The summed E-state index contributed by atoms with van der Waals surface area (Å²) in [5, 5.41) is 11.3. The minimum absolute atomic E-state index is 0.0163. The van der Waals surface area contributed by atoms with E-state index in [1.807, 2.05) is 0 Å². The van der Waals surface area contributed by atoms with E-state index in [-0.39, 0.29) is 18.0 Å². The largest absolute Gasteiger partial charge is 0.481 e.